The number of carbonyl (C=O) groups is 2. The number of unbranched alkanes of at least 4 members (excludes halogenated alkanes) is 1. The molecule has 7 nitrogen and oxygen atoms in total. The van der Waals surface area contributed by atoms with Crippen LogP contribution in [-0.2, 0) is 9.53 Å². The van der Waals surface area contributed by atoms with Gasteiger partial charge in [0, 0.05) is 44.5 Å². The molecule has 0 aliphatic carbocycles. The van der Waals surface area contributed by atoms with Gasteiger partial charge in [0.05, 0.1) is 0 Å². The fourth-order valence-electron chi connectivity index (χ4n) is 2.49. The van der Waals surface area contributed by atoms with E-state index in [1.807, 2.05) is 41.5 Å². The smallest absolute Gasteiger partial charge is 0.410 e. The molecule has 2 amide bonds. The summed E-state index contributed by atoms with van der Waals surface area (Å²) >= 11 is 0. The molecule has 2 N–H and O–H groups in total. The van der Waals surface area contributed by atoms with Gasteiger partial charge in [0.2, 0.25) is 5.91 Å². The number of nitrogens with two attached hydrogens (primary N) is 1. The largest absolute Gasteiger partial charge is 0.444 e. The Morgan fingerprint density at radius 3 is 1.89 bits per heavy atom. The zero-order valence-electron chi connectivity index (χ0n) is 24.2. The molecule has 0 heterocycles. The lowest BCUT2D eigenvalue weighted by Gasteiger charge is -2.29. The van der Waals surface area contributed by atoms with E-state index < -0.39 is 5.60 Å². The molecular weight excluding hydrogens is 440 g/mol. The summed E-state index contributed by atoms with van der Waals surface area (Å²) in [5.41, 5.74) is 6.74. The number of rotatable bonds is 9. The van der Waals surface area contributed by atoms with Crippen molar-refractivity contribution in [1.29, 1.82) is 0 Å². The SMILES string of the molecule is C.C=CN=C(/C(C)=C(\C)N)N(CC(CC)CCN(C)C(=O)OC(C)(C)C)C(C)=O.CC.CCCC. The van der Waals surface area contributed by atoms with Crippen molar-refractivity contribution >= 4 is 17.8 Å². The number of hydrogen-bond donors (Lipinski definition) is 1. The van der Waals surface area contributed by atoms with E-state index in [0.717, 1.165) is 18.4 Å². The van der Waals surface area contributed by atoms with Crippen LogP contribution in [0.1, 0.15) is 109 Å². The van der Waals surface area contributed by atoms with Crippen molar-refractivity contribution in [3.63, 3.8) is 0 Å². The first-order valence-electron chi connectivity index (χ1n) is 12.6. The van der Waals surface area contributed by atoms with Crippen LogP contribution in [0.3, 0.4) is 0 Å². The van der Waals surface area contributed by atoms with E-state index in [1.54, 1.807) is 23.8 Å². The summed E-state index contributed by atoms with van der Waals surface area (Å²) in [6, 6.07) is 0. The van der Waals surface area contributed by atoms with Crippen LogP contribution in [0.2, 0.25) is 0 Å². The minimum absolute atomic E-state index is 0. The molecule has 0 aliphatic heterocycles. The lowest BCUT2D eigenvalue weighted by atomic mass is 10.0. The first-order valence-corrected chi connectivity index (χ1v) is 12.6. The number of aliphatic imine (C=N–C) groups is 1. The molecule has 208 valence electrons. The van der Waals surface area contributed by atoms with E-state index in [9.17, 15) is 9.59 Å². The first-order chi connectivity index (χ1) is 15.7. The molecule has 7 heteroatoms. The van der Waals surface area contributed by atoms with Gasteiger partial charge in [-0.25, -0.2) is 9.79 Å². The molecular formula is C28H58N4O3. The predicted octanol–water partition coefficient (Wildman–Crippen LogP) is 7.38. The quantitative estimate of drug-likeness (QED) is 0.265. The van der Waals surface area contributed by atoms with Gasteiger partial charge in [-0.05, 0) is 47.0 Å². The summed E-state index contributed by atoms with van der Waals surface area (Å²) in [6.45, 7) is 25.8. The molecule has 0 saturated carbocycles. The van der Waals surface area contributed by atoms with Gasteiger partial charge in [0.25, 0.3) is 0 Å². The number of hydrogen-bond acceptors (Lipinski definition) is 5. The van der Waals surface area contributed by atoms with Gasteiger partial charge >= 0.3 is 6.09 Å². The van der Waals surface area contributed by atoms with Crippen LogP contribution in [-0.4, -0.2) is 53.4 Å². The van der Waals surface area contributed by atoms with E-state index in [2.05, 4.69) is 32.3 Å². The highest BCUT2D eigenvalue weighted by Gasteiger charge is 2.24. The van der Waals surface area contributed by atoms with Crippen molar-refractivity contribution in [1.82, 2.24) is 9.80 Å². The lowest BCUT2D eigenvalue weighted by Crippen LogP contribution is -2.41. The van der Waals surface area contributed by atoms with Crippen molar-refractivity contribution in [3.8, 4) is 0 Å². The monoisotopic (exact) mass is 498 g/mol. The van der Waals surface area contributed by atoms with Crippen LogP contribution >= 0.6 is 0 Å². The van der Waals surface area contributed by atoms with Crippen LogP contribution in [0.4, 0.5) is 4.79 Å². The molecule has 0 fully saturated rings. The zero-order chi connectivity index (χ0) is 27.5. The molecule has 1 unspecified atom stereocenters. The average Bonchev–Trinajstić information content (AvgIpc) is 2.77. The Balaban J connectivity index is -0.000000618. The summed E-state index contributed by atoms with van der Waals surface area (Å²) in [5.74, 6) is 0.594. The molecule has 0 aliphatic rings. The lowest BCUT2D eigenvalue weighted by molar-refractivity contribution is -0.125. The van der Waals surface area contributed by atoms with Gasteiger partial charge in [-0.2, -0.15) is 0 Å². The van der Waals surface area contributed by atoms with E-state index in [1.165, 1.54) is 26.0 Å². The molecule has 0 spiro atoms. The van der Waals surface area contributed by atoms with Crippen LogP contribution in [0.15, 0.2) is 29.0 Å². The molecule has 0 aromatic rings. The van der Waals surface area contributed by atoms with Crippen LogP contribution in [0.25, 0.3) is 0 Å². The normalized spacial score (nSPS) is 12.3. The van der Waals surface area contributed by atoms with Gasteiger partial charge in [0.1, 0.15) is 11.4 Å². The Kier molecular flexibility index (Phi) is 25.3. The second kappa shape index (κ2) is 22.2. The van der Waals surface area contributed by atoms with Gasteiger partial charge < -0.3 is 15.4 Å². The number of ether oxygens (including phenoxy) is 1. The summed E-state index contributed by atoms with van der Waals surface area (Å²) in [4.78, 5) is 31.9. The van der Waals surface area contributed by atoms with Crippen molar-refractivity contribution in [2.75, 3.05) is 20.1 Å². The topological polar surface area (TPSA) is 88.2 Å². The fourth-order valence-corrected chi connectivity index (χ4v) is 2.49. The standard InChI is InChI=1S/C21H38N4O3.C4H10.C2H6.CH4/c1-10-18(12-13-24(9)20(27)28-21(6,7)8)14-25(17(5)26)19(23-11-2)15(3)16(4)22;1-3-4-2;1-2;/h11,18H,2,10,12-14,22H2,1,3-9H3;3-4H2,1-2H3;1-2H3;1H4/b16-15+,23-19?;;;. The second-order valence-corrected chi connectivity index (χ2v) is 9.04. The Morgan fingerprint density at radius 2 is 1.57 bits per heavy atom. The maximum absolute atomic E-state index is 12.3. The van der Waals surface area contributed by atoms with Gasteiger partial charge in [0.15, 0.2) is 0 Å². The Morgan fingerprint density at radius 1 is 1.09 bits per heavy atom. The van der Waals surface area contributed by atoms with E-state index in [-0.39, 0.29) is 25.3 Å². The van der Waals surface area contributed by atoms with E-state index >= 15 is 0 Å². The minimum atomic E-state index is -0.527. The van der Waals surface area contributed by atoms with Gasteiger partial charge in [-0.1, -0.05) is 67.9 Å². The van der Waals surface area contributed by atoms with Crippen molar-refractivity contribution in [2.24, 2.45) is 16.6 Å². The van der Waals surface area contributed by atoms with Gasteiger partial charge in [-0.15, -0.1) is 0 Å². The molecule has 0 aromatic heterocycles. The summed E-state index contributed by atoms with van der Waals surface area (Å²) in [6.07, 6.45) is 5.30. The maximum Gasteiger partial charge on any atom is 0.410 e. The van der Waals surface area contributed by atoms with Gasteiger partial charge in [-0.3, -0.25) is 9.69 Å². The maximum atomic E-state index is 12.3. The zero-order valence-corrected chi connectivity index (χ0v) is 24.2. The van der Waals surface area contributed by atoms with Crippen molar-refractivity contribution in [2.45, 2.75) is 115 Å². The summed E-state index contributed by atoms with van der Waals surface area (Å²) < 4.78 is 5.39. The Bertz CT molecular complexity index is 643. The third-order valence-electron chi connectivity index (χ3n) is 4.87. The average molecular weight is 499 g/mol. The van der Waals surface area contributed by atoms with E-state index in [4.69, 9.17) is 10.5 Å². The number of amides is 2. The highest BCUT2D eigenvalue weighted by Crippen LogP contribution is 2.17. The molecule has 0 aromatic carbocycles. The molecule has 0 bridgehead atoms. The Hall–Kier alpha value is -2.31. The van der Waals surface area contributed by atoms with E-state index in [0.29, 0.717) is 24.6 Å². The van der Waals surface area contributed by atoms with Crippen molar-refractivity contribution < 1.29 is 14.3 Å². The Labute approximate surface area is 217 Å². The van der Waals surface area contributed by atoms with Crippen LogP contribution in [0, 0.1) is 5.92 Å². The number of allylic oxidation sites excluding steroid dienone is 1. The summed E-state index contributed by atoms with van der Waals surface area (Å²) in [5, 5.41) is 0. The summed E-state index contributed by atoms with van der Waals surface area (Å²) in [7, 11) is 1.72. The highest BCUT2D eigenvalue weighted by atomic mass is 16.6. The second-order valence-electron chi connectivity index (χ2n) is 9.04. The predicted molar refractivity (Wildman–Crippen MR) is 154 cm³/mol. The number of amidine groups is 1. The number of nitrogens with zero attached hydrogens (tertiary/aromatic N) is 3. The molecule has 0 rings (SSSR count). The highest BCUT2D eigenvalue weighted by molar-refractivity contribution is 6.07. The van der Waals surface area contributed by atoms with Crippen LogP contribution < -0.4 is 5.73 Å². The van der Waals surface area contributed by atoms with Crippen molar-refractivity contribution in [3.05, 3.63) is 24.0 Å². The molecule has 0 radical (unpaired) electrons. The number of carbonyl (C=O) groups excluding carboxylic acids is 2. The van der Waals surface area contributed by atoms with Crippen LogP contribution in [0.5, 0.6) is 0 Å². The fraction of sp³-hybridized carbons (Fsp3) is 0.750. The minimum Gasteiger partial charge on any atom is -0.444 e. The third kappa shape index (κ3) is 19.7. The molecule has 1 atom stereocenters. The first kappa shape index (κ1) is 39.9. The third-order valence-corrected chi connectivity index (χ3v) is 4.87. The molecule has 35 heavy (non-hydrogen) atoms. The molecule has 0 saturated heterocycles.